The van der Waals surface area contributed by atoms with Gasteiger partial charge in [-0.15, -0.1) is 0 Å². The minimum atomic E-state index is -0.234. The van der Waals surface area contributed by atoms with Gasteiger partial charge in [0.2, 0.25) is 11.8 Å². The molecule has 0 aliphatic rings. The minimum Gasteiger partial charge on any atom is -0.370 e. The lowest BCUT2D eigenvalue weighted by atomic mass is 10.1. The molecule has 0 saturated carbocycles. The van der Waals surface area contributed by atoms with Crippen molar-refractivity contribution in [1.82, 2.24) is 0 Å². The monoisotopic (exact) mass is 268 g/mol. The largest absolute Gasteiger partial charge is 0.370 e. The highest BCUT2D eigenvalue weighted by atomic mass is 16.1. The summed E-state index contributed by atoms with van der Waals surface area (Å²) in [6.07, 6.45) is 5.82. The van der Waals surface area contributed by atoms with Crippen molar-refractivity contribution in [1.29, 1.82) is 0 Å². The summed E-state index contributed by atoms with van der Waals surface area (Å²) >= 11 is 0. The fourth-order valence-electron chi connectivity index (χ4n) is 1.86. The number of amides is 2. The van der Waals surface area contributed by atoms with Crippen LogP contribution in [-0.2, 0) is 9.59 Å². The molecule has 0 radical (unpaired) electrons. The molecule has 0 heterocycles. The van der Waals surface area contributed by atoms with Gasteiger partial charge in [-0.05, 0) is 25.0 Å². The molecule has 0 atom stereocenters. The molecule has 1 rings (SSSR count). The molecule has 2 amide bonds. The number of para-hydroxylation sites is 1. The Balaban J connectivity index is -0.00000120. The molecule has 1 aromatic carbocycles. The van der Waals surface area contributed by atoms with Gasteiger partial charge in [-0.25, -0.2) is 0 Å². The molecule has 1 aromatic rings. The number of rotatable bonds is 9. The fraction of sp³-hybridized carbons (Fsp3) is 0.467. The van der Waals surface area contributed by atoms with Crippen LogP contribution >= 0.6 is 0 Å². The third-order valence-electron chi connectivity index (χ3n) is 2.88. The van der Waals surface area contributed by atoms with Gasteiger partial charge in [0, 0.05) is 22.8 Å². The third kappa shape index (κ3) is 7.97. The molecule has 110 valence electrons. The van der Waals surface area contributed by atoms with E-state index in [0.29, 0.717) is 12.8 Å². The third-order valence-corrected chi connectivity index (χ3v) is 2.88. The molecular weight excluding hydrogens is 240 g/mol. The van der Waals surface area contributed by atoms with E-state index in [0.717, 1.165) is 37.8 Å². The minimum absolute atomic E-state index is 0. The molecule has 4 heteroatoms. The number of unbranched alkanes of at least 4 members (excludes halogenated alkanes) is 4. The number of benzene rings is 1. The van der Waals surface area contributed by atoms with Crippen LogP contribution in [0.4, 0.5) is 5.69 Å². The van der Waals surface area contributed by atoms with Gasteiger partial charge in [0.25, 0.3) is 0 Å². The van der Waals surface area contributed by atoms with Gasteiger partial charge in [-0.2, -0.15) is 0 Å². The Morgan fingerprint density at radius 3 is 2.16 bits per heavy atom. The van der Waals surface area contributed by atoms with Gasteiger partial charge in [-0.3, -0.25) is 9.59 Å². The lowest BCUT2D eigenvalue weighted by Gasteiger charge is -2.04. The number of carbonyl (C=O) groups excluding carboxylic acids is 2. The van der Waals surface area contributed by atoms with Gasteiger partial charge in [0.15, 0.2) is 0 Å². The summed E-state index contributed by atoms with van der Waals surface area (Å²) in [7, 11) is 0. The first-order valence-corrected chi connectivity index (χ1v) is 6.81. The predicted octanol–water partition coefficient (Wildman–Crippen LogP) is 3.58. The lowest BCUT2D eigenvalue weighted by Crippen LogP contribution is -2.11. The standard InChI is InChI=1S/C15H22N2O2.3H2/c16-14(18)11-7-2-1-3-8-12-15(19)17-13-9-5-4-6-10-13;;;/h4-6,9-10H,1-3,7-8,11-12H2,(H2,16,18)(H,17,19);3*1H. The van der Waals surface area contributed by atoms with E-state index in [9.17, 15) is 9.59 Å². The van der Waals surface area contributed by atoms with E-state index < -0.39 is 0 Å². The Bertz CT molecular complexity index is 403. The van der Waals surface area contributed by atoms with Crippen LogP contribution in [0.3, 0.4) is 0 Å². The van der Waals surface area contributed by atoms with Crippen LogP contribution in [-0.4, -0.2) is 11.8 Å². The van der Waals surface area contributed by atoms with Crippen molar-refractivity contribution < 1.29 is 13.9 Å². The summed E-state index contributed by atoms with van der Waals surface area (Å²) < 4.78 is 0. The number of hydrogen-bond donors (Lipinski definition) is 2. The summed E-state index contributed by atoms with van der Waals surface area (Å²) in [5.74, 6) is -0.175. The Labute approximate surface area is 118 Å². The van der Waals surface area contributed by atoms with E-state index in [1.165, 1.54) is 0 Å². The number of hydrogen-bond acceptors (Lipinski definition) is 2. The first-order valence-electron chi connectivity index (χ1n) is 6.81. The van der Waals surface area contributed by atoms with E-state index in [-0.39, 0.29) is 16.1 Å². The summed E-state index contributed by atoms with van der Waals surface area (Å²) in [6.45, 7) is 0. The number of carbonyl (C=O) groups is 2. The summed E-state index contributed by atoms with van der Waals surface area (Å²) in [6, 6.07) is 9.47. The van der Waals surface area contributed by atoms with Gasteiger partial charge < -0.3 is 11.1 Å². The smallest absolute Gasteiger partial charge is 0.224 e. The normalized spacial score (nSPS) is 10.1. The van der Waals surface area contributed by atoms with Crippen LogP contribution in [0, 0.1) is 0 Å². The zero-order valence-electron chi connectivity index (χ0n) is 11.2. The molecule has 0 spiro atoms. The van der Waals surface area contributed by atoms with Gasteiger partial charge in [0.1, 0.15) is 0 Å². The zero-order chi connectivity index (χ0) is 13.9. The van der Waals surface area contributed by atoms with Gasteiger partial charge >= 0.3 is 0 Å². The number of primary amides is 1. The van der Waals surface area contributed by atoms with E-state index in [2.05, 4.69) is 5.32 Å². The van der Waals surface area contributed by atoms with Crippen molar-refractivity contribution in [2.75, 3.05) is 5.32 Å². The van der Waals surface area contributed by atoms with E-state index in [4.69, 9.17) is 5.73 Å². The highest BCUT2D eigenvalue weighted by molar-refractivity contribution is 5.90. The SMILES string of the molecule is NC(=O)CCCCCCCC(=O)Nc1ccccc1.[HH].[HH].[HH]. The van der Waals surface area contributed by atoms with Crippen molar-refractivity contribution >= 4 is 17.5 Å². The molecule has 3 N–H and O–H groups in total. The molecule has 0 aliphatic carbocycles. The Morgan fingerprint density at radius 1 is 0.947 bits per heavy atom. The van der Waals surface area contributed by atoms with Crippen molar-refractivity contribution in [2.45, 2.75) is 44.9 Å². The Morgan fingerprint density at radius 2 is 1.53 bits per heavy atom. The van der Waals surface area contributed by atoms with E-state index >= 15 is 0 Å². The molecule has 19 heavy (non-hydrogen) atoms. The van der Waals surface area contributed by atoms with Crippen molar-refractivity contribution in [3.63, 3.8) is 0 Å². The highest BCUT2D eigenvalue weighted by Gasteiger charge is 2.01. The van der Waals surface area contributed by atoms with Crippen molar-refractivity contribution in [3.8, 4) is 0 Å². The molecule has 4 nitrogen and oxygen atoms in total. The maximum absolute atomic E-state index is 11.6. The van der Waals surface area contributed by atoms with Crippen LogP contribution < -0.4 is 11.1 Å². The number of nitrogens with one attached hydrogen (secondary N) is 1. The van der Waals surface area contributed by atoms with Crippen LogP contribution in [0.2, 0.25) is 0 Å². The van der Waals surface area contributed by atoms with Gasteiger partial charge in [-0.1, -0.05) is 37.5 Å². The Hall–Kier alpha value is -1.84. The molecule has 0 fully saturated rings. The van der Waals surface area contributed by atoms with E-state index in [1.54, 1.807) is 0 Å². The summed E-state index contributed by atoms with van der Waals surface area (Å²) in [4.78, 5) is 22.1. The topological polar surface area (TPSA) is 72.2 Å². The molecular formula is C15H28N2O2. The number of nitrogens with two attached hydrogens (primary N) is 1. The van der Waals surface area contributed by atoms with E-state index in [1.807, 2.05) is 30.3 Å². The van der Waals surface area contributed by atoms with Crippen LogP contribution in [0.25, 0.3) is 0 Å². The molecule has 0 aliphatic heterocycles. The van der Waals surface area contributed by atoms with Gasteiger partial charge in [0.05, 0.1) is 0 Å². The highest BCUT2D eigenvalue weighted by Crippen LogP contribution is 2.09. The maximum Gasteiger partial charge on any atom is 0.224 e. The van der Waals surface area contributed by atoms with Crippen LogP contribution in [0.1, 0.15) is 49.2 Å². The van der Waals surface area contributed by atoms with Crippen LogP contribution in [0.5, 0.6) is 0 Å². The summed E-state index contributed by atoms with van der Waals surface area (Å²) in [5, 5.41) is 2.86. The average molecular weight is 268 g/mol. The lowest BCUT2D eigenvalue weighted by molar-refractivity contribution is -0.118. The molecule has 0 saturated heterocycles. The first-order chi connectivity index (χ1) is 9.18. The molecule has 0 aromatic heterocycles. The van der Waals surface area contributed by atoms with Crippen molar-refractivity contribution in [2.24, 2.45) is 5.73 Å². The predicted molar refractivity (Wildman–Crippen MR) is 82.9 cm³/mol. The quantitative estimate of drug-likeness (QED) is 0.672. The van der Waals surface area contributed by atoms with Crippen molar-refractivity contribution in [3.05, 3.63) is 30.3 Å². The Kier molecular flexibility index (Phi) is 7.32. The zero-order valence-corrected chi connectivity index (χ0v) is 11.2. The molecule has 0 bridgehead atoms. The first kappa shape index (κ1) is 15.2. The molecule has 0 unspecified atom stereocenters. The van der Waals surface area contributed by atoms with Crippen LogP contribution in [0.15, 0.2) is 30.3 Å². The second kappa shape index (κ2) is 9.14. The second-order valence-corrected chi connectivity index (χ2v) is 4.65. The maximum atomic E-state index is 11.6. The number of anilines is 1. The second-order valence-electron chi connectivity index (χ2n) is 4.65. The summed E-state index contributed by atoms with van der Waals surface area (Å²) in [5.41, 5.74) is 5.90. The fourth-order valence-corrected chi connectivity index (χ4v) is 1.86. The average Bonchev–Trinajstić information content (AvgIpc) is 2.38.